The molecule has 1 atom stereocenters. The van der Waals surface area contributed by atoms with Crippen molar-refractivity contribution in [3.63, 3.8) is 0 Å². The van der Waals surface area contributed by atoms with Crippen molar-refractivity contribution in [3.8, 4) is 0 Å². The van der Waals surface area contributed by atoms with Crippen molar-refractivity contribution in [1.82, 2.24) is 10.3 Å². The Labute approximate surface area is 116 Å². The van der Waals surface area contributed by atoms with E-state index in [1.165, 1.54) is 24.3 Å². The minimum atomic E-state index is -0.344. The average Bonchev–Trinajstić information content (AvgIpc) is 3.02. The Morgan fingerprint density at radius 2 is 2.00 bits per heavy atom. The molecule has 2 aromatic rings. The molecule has 3 nitrogen and oxygen atoms in total. The number of halogens is 1. The molecular weight excluding hydrogens is 255 g/mol. The quantitative estimate of drug-likeness (QED) is 0.872. The maximum atomic E-state index is 12.9. The summed E-state index contributed by atoms with van der Waals surface area (Å²) in [5.74, 6) is -0.471. The molecule has 1 aromatic heterocycles. The van der Waals surface area contributed by atoms with Crippen molar-refractivity contribution >= 4 is 5.78 Å². The monoisotopic (exact) mass is 270 g/mol. The van der Waals surface area contributed by atoms with Gasteiger partial charge in [-0.25, -0.2) is 4.39 Å². The standard InChI is InChI=1S/C16H15FN2O/c17-14-5-3-11(4-6-14)16(20)13-8-12(9-18-10-13)15-2-1-7-19-15/h3-6,8-10,15,19H,1-2,7H2/t15-/m0/s1. The second-order valence-corrected chi connectivity index (χ2v) is 4.99. The summed E-state index contributed by atoms with van der Waals surface area (Å²) < 4.78 is 12.9. The van der Waals surface area contributed by atoms with Gasteiger partial charge in [0.15, 0.2) is 5.78 Å². The van der Waals surface area contributed by atoms with Gasteiger partial charge in [-0.2, -0.15) is 0 Å². The number of carbonyl (C=O) groups is 1. The highest BCUT2D eigenvalue weighted by Gasteiger charge is 2.18. The molecule has 0 spiro atoms. The van der Waals surface area contributed by atoms with Crippen LogP contribution in [0.2, 0.25) is 0 Å². The van der Waals surface area contributed by atoms with Gasteiger partial charge >= 0.3 is 0 Å². The summed E-state index contributed by atoms with van der Waals surface area (Å²) in [6.07, 6.45) is 5.56. The molecule has 1 aromatic carbocycles. The van der Waals surface area contributed by atoms with E-state index in [1.807, 2.05) is 6.07 Å². The predicted molar refractivity (Wildman–Crippen MR) is 74.0 cm³/mol. The normalized spacial score (nSPS) is 18.1. The van der Waals surface area contributed by atoms with Crippen molar-refractivity contribution in [2.45, 2.75) is 18.9 Å². The largest absolute Gasteiger partial charge is 0.310 e. The fourth-order valence-corrected chi connectivity index (χ4v) is 2.51. The molecule has 1 N–H and O–H groups in total. The molecule has 0 aliphatic carbocycles. The third kappa shape index (κ3) is 2.60. The summed E-state index contributed by atoms with van der Waals surface area (Å²) >= 11 is 0. The molecule has 1 aliphatic heterocycles. The molecule has 1 saturated heterocycles. The first-order valence-electron chi connectivity index (χ1n) is 6.72. The van der Waals surface area contributed by atoms with Gasteiger partial charge in [-0.1, -0.05) is 0 Å². The minimum absolute atomic E-state index is 0.127. The van der Waals surface area contributed by atoms with Crippen molar-refractivity contribution in [2.24, 2.45) is 0 Å². The van der Waals surface area contributed by atoms with E-state index in [0.29, 0.717) is 11.1 Å². The number of hydrogen-bond acceptors (Lipinski definition) is 3. The highest BCUT2D eigenvalue weighted by molar-refractivity contribution is 6.08. The summed E-state index contributed by atoms with van der Waals surface area (Å²) in [5, 5.41) is 3.39. The lowest BCUT2D eigenvalue weighted by molar-refractivity contribution is 0.103. The second kappa shape index (κ2) is 5.51. The SMILES string of the molecule is O=C(c1ccc(F)cc1)c1cncc([C@@H]2CCCN2)c1. The van der Waals surface area contributed by atoms with E-state index in [2.05, 4.69) is 10.3 Å². The number of aromatic nitrogens is 1. The van der Waals surface area contributed by atoms with Crippen LogP contribution >= 0.6 is 0 Å². The Balaban J connectivity index is 1.87. The van der Waals surface area contributed by atoms with Gasteiger partial charge in [-0.05, 0) is 55.3 Å². The fraction of sp³-hybridized carbons (Fsp3) is 0.250. The van der Waals surface area contributed by atoms with Crippen LogP contribution in [-0.4, -0.2) is 17.3 Å². The molecular formula is C16H15FN2O. The van der Waals surface area contributed by atoms with E-state index >= 15 is 0 Å². The first-order chi connectivity index (χ1) is 9.74. The molecule has 3 rings (SSSR count). The zero-order chi connectivity index (χ0) is 13.9. The van der Waals surface area contributed by atoms with E-state index in [9.17, 15) is 9.18 Å². The molecule has 102 valence electrons. The summed E-state index contributed by atoms with van der Waals surface area (Å²) in [7, 11) is 0. The van der Waals surface area contributed by atoms with Gasteiger partial charge in [0.05, 0.1) is 0 Å². The van der Waals surface area contributed by atoms with Crippen LogP contribution in [0.25, 0.3) is 0 Å². The Hall–Kier alpha value is -2.07. The van der Waals surface area contributed by atoms with Gasteiger partial charge in [-0.15, -0.1) is 0 Å². The number of pyridine rings is 1. The van der Waals surface area contributed by atoms with Gasteiger partial charge in [0.2, 0.25) is 0 Å². The van der Waals surface area contributed by atoms with Gasteiger partial charge < -0.3 is 5.32 Å². The molecule has 20 heavy (non-hydrogen) atoms. The van der Waals surface area contributed by atoms with E-state index in [0.717, 1.165) is 24.9 Å². The average molecular weight is 270 g/mol. The Bertz CT molecular complexity index is 619. The molecule has 0 bridgehead atoms. The van der Waals surface area contributed by atoms with E-state index in [-0.39, 0.29) is 17.6 Å². The lowest BCUT2D eigenvalue weighted by Gasteiger charge is -2.11. The number of carbonyl (C=O) groups excluding carboxylic acids is 1. The Morgan fingerprint density at radius 3 is 2.70 bits per heavy atom. The van der Waals surface area contributed by atoms with Crippen LogP contribution in [0.1, 0.15) is 40.4 Å². The lowest BCUT2D eigenvalue weighted by atomic mass is 10.0. The second-order valence-electron chi connectivity index (χ2n) is 4.99. The number of ketones is 1. The third-order valence-corrected chi connectivity index (χ3v) is 3.59. The lowest BCUT2D eigenvalue weighted by Crippen LogP contribution is -2.14. The summed E-state index contributed by atoms with van der Waals surface area (Å²) in [4.78, 5) is 16.5. The summed E-state index contributed by atoms with van der Waals surface area (Å²) in [6, 6.07) is 7.74. The van der Waals surface area contributed by atoms with Gasteiger partial charge in [0, 0.05) is 29.6 Å². The molecule has 2 heterocycles. The van der Waals surface area contributed by atoms with Crippen LogP contribution < -0.4 is 5.32 Å². The molecule has 4 heteroatoms. The molecule has 0 radical (unpaired) electrons. The Kier molecular flexibility index (Phi) is 3.56. The molecule has 0 unspecified atom stereocenters. The van der Waals surface area contributed by atoms with Gasteiger partial charge in [0.1, 0.15) is 5.82 Å². The number of rotatable bonds is 3. The predicted octanol–water partition coefficient (Wildman–Crippen LogP) is 2.88. The van der Waals surface area contributed by atoms with Gasteiger partial charge in [-0.3, -0.25) is 9.78 Å². The molecule has 1 aliphatic rings. The molecule has 0 amide bonds. The molecule has 1 fully saturated rings. The number of nitrogens with zero attached hydrogens (tertiary/aromatic N) is 1. The first-order valence-corrected chi connectivity index (χ1v) is 6.72. The maximum Gasteiger partial charge on any atom is 0.194 e. The van der Waals surface area contributed by atoms with Crippen LogP contribution in [-0.2, 0) is 0 Å². The van der Waals surface area contributed by atoms with Crippen LogP contribution in [0.3, 0.4) is 0 Å². The van der Waals surface area contributed by atoms with Gasteiger partial charge in [0.25, 0.3) is 0 Å². The third-order valence-electron chi connectivity index (χ3n) is 3.59. The maximum absolute atomic E-state index is 12.9. The minimum Gasteiger partial charge on any atom is -0.310 e. The number of hydrogen-bond donors (Lipinski definition) is 1. The van der Waals surface area contributed by atoms with E-state index < -0.39 is 0 Å². The zero-order valence-corrected chi connectivity index (χ0v) is 11.0. The highest BCUT2D eigenvalue weighted by Crippen LogP contribution is 2.23. The van der Waals surface area contributed by atoms with E-state index in [4.69, 9.17) is 0 Å². The number of nitrogens with one attached hydrogen (secondary N) is 1. The summed E-state index contributed by atoms with van der Waals surface area (Å²) in [5.41, 5.74) is 2.06. The van der Waals surface area contributed by atoms with Crippen LogP contribution in [0, 0.1) is 5.82 Å². The van der Waals surface area contributed by atoms with Crippen molar-refractivity contribution < 1.29 is 9.18 Å². The van der Waals surface area contributed by atoms with E-state index in [1.54, 1.807) is 12.4 Å². The van der Waals surface area contributed by atoms with Crippen LogP contribution in [0.5, 0.6) is 0 Å². The van der Waals surface area contributed by atoms with Crippen molar-refractivity contribution in [2.75, 3.05) is 6.54 Å². The van der Waals surface area contributed by atoms with Crippen molar-refractivity contribution in [3.05, 3.63) is 65.2 Å². The first kappa shape index (κ1) is 12.9. The Morgan fingerprint density at radius 1 is 1.20 bits per heavy atom. The fourth-order valence-electron chi connectivity index (χ4n) is 2.51. The smallest absolute Gasteiger partial charge is 0.194 e. The highest BCUT2D eigenvalue weighted by atomic mass is 19.1. The van der Waals surface area contributed by atoms with Crippen molar-refractivity contribution in [1.29, 1.82) is 0 Å². The van der Waals surface area contributed by atoms with Crippen LogP contribution in [0.4, 0.5) is 4.39 Å². The summed E-state index contributed by atoms with van der Waals surface area (Å²) in [6.45, 7) is 1.00. The zero-order valence-electron chi connectivity index (χ0n) is 11.0. The molecule has 0 saturated carbocycles. The van der Waals surface area contributed by atoms with Crippen LogP contribution in [0.15, 0.2) is 42.7 Å². The number of benzene rings is 1. The topological polar surface area (TPSA) is 42.0 Å².